The predicted molar refractivity (Wildman–Crippen MR) is 68.4 cm³/mol. The van der Waals surface area contributed by atoms with Crippen molar-refractivity contribution in [3.63, 3.8) is 0 Å². The summed E-state index contributed by atoms with van der Waals surface area (Å²) in [6, 6.07) is 7.58. The lowest BCUT2D eigenvalue weighted by atomic mass is 10.3. The van der Waals surface area contributed by atoms with Crippen LogP contribution >= 0.6 is 22.9 Å². The van der Waals surface area contributed by atoms with Gasteiger partial charge in [-0.3, -0.25) is 4.79 Å². The second-order valence-electron chi connectivity index (χ2n) is 3.49. The van der Waals surface area contributed by atoms with Gasteiger partial charge in [0.1, 0.15) is 5.82 Å². The van der Waals surface area contributed by atoms with Crippen LogP contribution in [-0.2, 0) is 0 Å². The molecule has 0 spiro atoms. The van der Waals surface area contributed by atoms with Crippen LogP contribution in [0.5, 0.6) is 0 Å². The molecule has 0 atom stereocenters. The van der Waals surface area contributed by atoms with Crippen molar-refractivity contribution in [1.29, 1.82) is 0 Å². The lowest BCUT2D eigenvalue weighted by molar-refractivity contribution is 0.103. The molecule has 1 amide bonds. The molecule has 2 aromatic rings. The number of aryl methyl sites for hydroxylation is 1. The van der Waals surface area contributed by atoms with Crippen molar-refractivity contribution in [3.8, 4) is 0 Å². The summed E-state index contributed by atoms with van der Waals surface area (Å²) in [6.45, 7) is 1.90. The van der Waals surface area contributed by atoms with Crippen LogP contribution in [0, 0.1) is 12.7 Å². The third kappa shape index (κ3) is 2.84. The zero-order valence-electron chi connectivity index (χ0n) is 8.96. The summed E-state index contributed by atoms with van der Waals surface area (Å²) in [5.41, 5.74) is 0.0913. The molecule has 0 saturated carbocycles. The molecule has 0 radical (unpaired) electrons. The van der Waals surface area contributed by atoms with Gasteiger partial charge in [0.2, 0.25) is 0 Å². The summed E-state index contributed by atoms with van der Waals surface area (Å²) in [4.78, 5) is 13.4. The molecule has 2 nitrogen and oxygen atoms in total. The third-order valence-corrected chi connectivity index (χ3v) is 3.38. The summed E-state index contributed by atoms with van der Waals surface area (Å²) < 4.78 is 13.4. The van der Waals surface area contributed by atoms with Crippen LogP contribution in [0.2, 0.25) is 5.02 Å². The van der Waals surface area contributed by atoms with E-state index in [-0.39, 0.29) is 11.6 Å². The Hall–Kier alpha value is -1.39. The minimum atomic E-state index is -0.504. The Morgan fingerprint density at radius 1 is 1.35 bits per heavy atom. The van der Waals surface area contributed by atoms with Gasteiger partial charge in [-0.1, -0.05) is 11.6 Å². The molecule has 88 valence electrons. The van der Waals surface area contributed by atoms with Crippen LogP contribution in [0.25, 0.3) is 0 Å². The molecular weight excluding hydrogens is 261 g/mol. The van der Waals surface area contributed by atoms with Gasteiger partial charge in [-0.25, -0.2) is 4.39 Å². The Kier molecular flexibility index (Phi) is 3.45. The van der Waals surface area contributed by atoms with Crippen molar-refractivity contribution in [2.75, 3.05) is 5.32 Å². The van der Waals surface area contributed by atoms with Crippen LogP contribution in [0.4, 0.5) is 10.1 Å². The Labute approximate surface area is 107 Å². The molecule has 0 bridgehead atoms. The zero-order valence-corrected chi connectivity index (χ0v) is 10.5. The van der Waals surface area contributed by atoms with Crippen molar-refractivity contribution < 1.29 is 9.18 Å². The van der Waals surface area contributed by atoms with E-state index in [4.69, 9.17) is 11.6 Å². The number of thiophene rings is 1. The Morgan fingerprint density at radius 3 is 2.76 bits per heavy atom. The number of anilines is 1. The van der Waals surface area contributed by atoms with E-state index >= 15 is 0 Å². The van der Waals surface area contributed by atoms with Crippen molar-refractivity contribution in [1.82, 2.24) is 0 Å². The van der Waals surface area contributed by atoms with Crippen molar-refractivity contribution in [3.05, 3.63) is 50.9 Å². The number of nitrogens with one attached hydrogen (secondary N) is 1. The van der Waals surface area contributed by atoms with Gasteiger partial charge in [0.25, 0.3) is 5.91 Å². The van der Waals surface area contributed by atoms with Crippen LogP contribution in [0.15, 0.2) is 30.3 Å². The van der Waals surface area contributed by atoms with Gasteiger partial charge in [-0.05, 0) is 37.3 Å². The number of hydrogen-bond donors (Lipinski definition) is 1. The fourth-order valence-electron chi connectivity index (χ4n) is 1.33. The van der Waals surface area contributed by atoms with Gasteiger partial charge < -0.3 is 5.32 Å². The zero-order chi connectivity index (χ0) is 12.4. The van der Waals surface area contributed by atoms with Crippen molar-refractivity contribution >= 4 is 34.5 Å². The number of amides is 1. The first-order valence-electron chi connectivity index (χ1n) is 4.89. The molecule has 1 aromatic heterocycles. The molecular formula is C12H9ClFNOS. The van der Waals surface area contributed by atoms with Gasteiger partial charge in [0.15, 0.2) is 0 Å². The van der Waals surface area contributed by atoms with E-state index in [1.165, 1.54) is 29.5 Å². The average Bonchev–Trinajstić information content (AvgIpc) is 2.70. The van der Waals surface area contributed by atoms with E-state index in [0.717, 1.165) is 4.88 Å². The monoisotopic (exact) mass is 269 g/mol. The molecule has 0 aliphatic carbocycles. The number of hydrogen-bond acceptors (Lipinski definition) is 2. The number of halogens is 2. The standard InChI is InChI=1S/C12H9ClFNOS/c1-7-2-5-11(17-7)12(16)15-10-6-8(13)3-4-9(10)14/h2-6H,1H3,(H,15,16). The molecule has 0 aliphatic rings. The van der Waals surface area contributed by atoms with E-state index in [1.807, 2.05) is 13.0 Å². The quantitative estimate of drug-likeness (QED) is 0.874. The third-order valence-electron chi connectivity index (χ3n) is 2.14. The number of rotatable bonds is 2. The first-order valence-corrected chi connectivity index (χ1v) is 6.08. The SMILES string of the molecule is Cc1ccc(C(=O)Nc2cc(Cl)ccc2F)s1. The van der Waals surface area contributed by atoms with Gasteiger partial charge in [0, 0.05) is 9.90 Å². The van der Waals surface area contributed by atoms with Gasteiger partial charge in [-0.2, -0.15) is 0 Å². The minimum Gasteiger partial charge on any atom is -0.319 e. The second-order valence-corrected chi connectivity index (χ2v) is 5.21. The maximum Gasteiger partial charge on any atom is 0.265 e. The smallest absolute Gasteiger partial charge is 0.265 e. The topological polar surface area (TPSA) is 29.1 Å². The Balaban J connectivity index is 2.21. The van der Waals surface area contributed by atoms with E-state index in [2.05, 4.69) is 5.32 Å². The Bertz CT molecular complexity index is 567. The fraction of sp³-hybridized carbons (Fsp3) is 0.0833. The average molecular weight is 270 g/mol. The van der Waals surface area contributed by atoms with Crippen molar-refractivity contribution in [2.24, 2.45) is 0 Å². The second kappa shape index (κ2) is 4.85. The van der Waals surface area contributed by atoms with E-state index in [1.54, 1.807) is 6.07 Å². The number of benzene rings is 1. The van der Waals surface area contributed by atoms with E-state index in [9.17, 15) is 9.18 Å². The molecule has 0 unspecified atom stereocenters. The highest BCUT2D eigenvalue weighted by molar-refractivity contribution is 7.14. The summed E-state index contributed by atoms with van der Waals surface area (Å²) >= 11 is 7.09. The fourth-order valence-corrected chi connectivity index (χ4v) is 2.27. The molecule has 1 aromatic carbocycles. The van der Waals surface area contributed by atoms with Crippen LogP contribution < -0.4 is 5.32 Å². The van der Waals surface area contributed by atoms with Crippen molar-refractivity contribution in [2.45, 2.75) is 6.92 Å². The van der Waals surface area contributed by atoms with E-state index in [0.29, 0.717) is 9.90 Å². The first-order chi connectivity index (χ1) is 8.06. The lowest BCUT2D eigenvalue weighted by Crippen LogP contribution is -2.11. The first kappa shape index (κ1) is 12.1. The molecule has 5 heteroatoms. The summed E-state index contributed by atoms with van der Waals surface area (Å²) in [5, 5.41) is 2.87. The maximum atomic E-state index is 13.4. The van der Waals surface area contributed by atoms with Crippen LogP contribution in [-0.4, -0.2) is 5.91 Å². The van der Waals surface area contributed by atoms with Gasteiger partial charge in [0.05, 0.1) is 10.6 Å². The lowest BCUT2D eigenvalue weighted by Gasteiger charge is -2.05. The van der Waals surface area contributed by atoms with E-state index < -0.39 is 5.82 Å². The van der Waals surface area contributed by atoms with Gasteiger partial charge in [-0.15, -0.1) is 11.3 Å². The number of carbonyl (C=O) groups is 1. The van der Waals surface area contributed by atoms with Crippen LogP contribution in [0.1, 0.15) is 14.5 Å². The molecule has 1 N–H and O–H groups in total. The largest absolute Gasteiger partial charge is 0.319 e. The highest BCUT2D eigenvalue weighted by Crippen LogP contribution is 2.22. The highest BCUT2D eigenvalue weighted by atomic mass is 35.5. The highest BCUT2D eigenvalue weighted by Gasteiger charge is 2.11. The molecule has 1 heterocycles. The molecule has 0 saturated heterocycles. The molecule has 0 aliphatic heterocycles. The Morgan fingerprint density at radius 2 is 2.12 bits per heavy atom. The maximum absolute atomic E-state index is 13.4. The van der Waals surface area contributed by atoms with Gasteiger partial charge >= 0.3 is 0 Å². The number of carbonyl (C=O) groups excluding carboxylic acids is 1. The normalized spacial score (nSPS) is 10.3. The predicted octanol–water partition coefficient (Wildman–Crippen LogP) is 4.10. The molecule has 0 fully saturated rings. The van der Waals surface area contributed by atoms with Crippen LogP contribution in [0.3, 0.4) is 0 Å². The molecule has 17 heavy (non-hydrogen) atoms. The summed E-state index contributed by atoms with van der Waals surface area (Å²) in [6.07, 6.45) is 0. The molecule has 2 rings (SSSR count). The summed E-state index contributed by atoms with van der Waals surface area (Å²) in [7, 11) is 0. The summed E-state index contributed by atoms with van der Waals surface area (Å²) in [5.74, 6) is -0.833. The minimum absolute atomic E-state index is 0.0913.